The second-order valence-corrected chi connectivity index (χ2v) is 9.96. The Bertz CT molecular complexity index is 1140. The summed E-state index contributed by atoms with van der Waals surface area (Å²) in [6.45, 7) is 5.65. The van der Waals surface area contributed by atoms with Crippen LogP contribution in [0.15, 0.2) is 41.3 Å². The van der Waals surface area contributed by atoms with Crippen LogP contribution in [-0.4, -0.2) is 51.2 Å². The Kier molecular flexibility index (Phi) is 10.1. The van der Waals surface area contributed by atoms with Crippen molar-refractivity contribution in [3.63, 3.8) is 0 Å². The van der Waals surface area contributed by atoms with Crippen LogP contribution >= 0.6 is 0 Å². The third-order valence-electron chi connectivity index (χ3n) is 5.70. The lowest BCUT2D eigenvalue weighted by Crippen LogP contribution is -2.46. The van der Waals surface area contributed by atoms with Crippen molar-refractivity contribution in [2.45, 2.75) is 57.2 Å². The first-order valence-electron chi connectivity index (χ1n) is 11.2. The standard InChI is InChI=1S/C24H35N5O5S/c1-15-13-20(34-4)16(2)17(3)22(15)35(32,33)29-24(26)27-12-8-11-19(25)21(30)23(31)28-14-18-9-6-5-7-10-18/h5-7,9-10,13,19,21,30H,8,11-12,14,25H2,1-4H3,(H,28,31)(H3,26,27,29)/t19-,21?/m0/s1. The van der Waals surface area contributed by atoms with E-state index in [1.54, 1.807) is 26.8 Å². The molecule has 11 heteroatoms. The minimum Gasteiger partial charge on any atom is -0.496 e. The van der Waals surface area contributed by atoms with Crippen molar-refractivity contribution in [2.24, 2.45) is 5.73 Å². The Hall–Kier alpha value is -3.15. The summed E-state index contributed by atoms with van der Waals surface area (Å²) in [6.07, 6.45) is -0.669. The van der Waals surface area contributed by atoms with Gasteiger partial charge in [0.25, 0.3) is 15.9 Å². The Morgan fingerprint density at radius 2 is 1.80 bits per heavy atom. The molecule has 0 saturated heterocycles. The van der Waals surface area contributed by atoms with Gasteiger partial charge in [-0.15, -0.1) is 0 Å². The molecule has 35 heavy (non-hydrogen) atoms. The fraction of sp³-hybridized carbons (Fsp3) is 0.417. The van der Waals surface area contributed by atoms with Gasteiger partial charge in [-0.1, -0.05) is 30.3 Å². The molecule has 0 heterocycles. The van der Waals surface area contributed by atoms with Crippen LogP contribution < -0.4 is 25.8 Å². The molecule has 0 fully saturated rings. The zero-order valence-corrected chi connectivity index (χ0v) is 21.3. The maximum atomic E-state index is 12.9. The van der Waals surface area contributed by atoms with Crippen molar-refractivity contribution in [2.75, 3.05) is 13.7 Å². The molecule has 10 nitrogen and oxygen atoms in total. The van der Waals surface area contributed by atoms with Gasteiger partial charge in [0, 0.05) is 19.1 Å². The minimum atomic E-state index is -3.99. The SMILES string of the molecule is COc1cc(C)c(S(=O)(=O)NC(=N)NCCC[C@H](N)C(O)C(=O)NCc2ccccc2)c(C)c1C. The summed E-state index contributed by atoms with van der Waals surface area (Å²) in [7, 11) is -2.46. The number of carbonyl (C=O) groups is 1. The number of nitrogens with one attached hydrogen (secondary N) is 4. The van der Waals surface area contributed by atoms with E-state index in [-0.39, 0.29) is 23.9 Å². The third kappa shape index (κ3) is 7.67. The zero-order valence-electron chi connectivity index (χ0n) is 20.5. The Morgan fingerprint density at radius 1 is 1.14 bits per heavy atom. The number of ether oxygens (including phenoxy) is 1. The number of carbonyl (C=O) groups excluding carboxylic acids is 1. The summed E-state index contributed by atoms with van der Waals surface area (Å²) < 4.78 is 33.3. The molecule has 0 radical (unpaired) electrons. The number of aliphatic hydroxyl groups excluding tert-OH is 1. The molecule has 2 atom stereocenters. The average molecular weight is 506 g/mol. The quantitative estimate of drug-likeness (QED) is 0.152. The van der Waals surface area contributed by atoms with Gasteiger partial charge in [-0.25, -0.2) is 13.1 Å². The highest BCUT2D eigenvalue weighted by molar-refractivity contribution is 7.90. The van der Waals surface area contributed by atoms with E-state index in [0.29, 0.717) is 35.3 Å². The van der Waals surface area contributed by atoms with Crippen molar-refractivity contribution < 1.29 is 23.1 Å². The number of methoxy groups -OCH3 is 1. The van der Waals surface area contributed by atoms with Crippen LogP contribution in [0.25, 0.3) is 0 Å². The van der Waals surface area contributed by atoms with Gasteiger partial charge < -0.3 is 26.2 Å². The molecule has 0 bridgehead atoms. The van der Waals surface area contributed by atoms with Crippen LogP contribution in [0.2, 0.25) is 0 Å². The lowest BCUT2D eigenvalue weighted by atomic mass is 10.1. The van der Waals surface area contributed by atoms with Gasteiger partial charge in [0.1, 0.15) is 11.9 Å². The van der Waals surface area contributed by atoms with Crippen LogP contribution in [0.4, 0.5) is 0 Å². The number of nitrogens with two attached hydrogens (primary N) is 1. The molecule has 2 aromatic carbocycles. The number of amides is 1. The zero-order chi connectivity index (χ0) is 26.2. The van der Waals surface area contributed by atoms with Gasteiger partial charge >= 0.3 is 0 Å². The summed E-state index contributed by atoms with van der Waals surface area (Å²) >= 11 is 0. The highest BCUT2D eigenvalue weighted by atomic mass is 32.2. The molecule has 7 N–H and O–H groups in total. The van der Waals surface area contributed by atoms with Gasteiger partial charge in [-0.2, -0.15) is 0 Å². The monoisotopic (exact) mass is 505 g/mol. The predicted octanol–water partition coefficient (Wildman–Crippen LogP) is 1.21. The fourth-order valence-electron chi connectivity index (χ4n) is 3.66. The molecule has 0 aliphatic carbocycles. The van der Waals surface area contributed by atoms with E-state index in [0.717, 1.165) is 5.56 Å². The molecule has 0 aliphatic rings. The van der Waals surface area contributed by atoms with Crippen LogP contribution in [-0.2, 0) is 21.4 Å². The van der Waals surface area contributed by atoms with Crippen LogP contribution in [0.1, 0.15) is 35.1 Å². The number of rotatable bonds is 11. The molecular weight excluding hydrogens is 470 g/mol. The molecule has 0 saturated carbocycles. The van der Waals surface area contributed by atoms with Crippen molar-refractivity contribution in [1.29, 1.82) is 5.41 Å². The maximum Gasteiger partial charge on any atom is 0.264 e. The number of guanidine groups is 1. The third-order valence-corrected chi connectivity index (χ3v) is 7.34. The van der Waals surface area contributed by atoms with Crippen molar-refractivity contribution in [3.8, 4) is 5.75 Å². The molecule has 1 unspecified atom stereocenters. The molecule has 2 rings (SSSR count). The Balaban J connectivity index is 1.81. The topological polar surface area (TPSA) is 167 Å². The smallest absolute Gasteiger partial charge is 0.264 e. The lowest BCUT2D eigenvalue weighted by molar-refractivity contribution is -0.130. The van der Waals surface area contributed by atoms with E-state index in [2.05, 4.69) is 15.4 Å². The molecular formula is C24H35N5O5S. The molecule has 0 spiro atoms. The molecule has 0 aliphatic heterocycles. The van der Waals surface area contributed by atoms with E-state index < -0.39 is 28.1 Å². The summed E-state index contributed by atoms with van der Waals surface area (Å²) in [6, 6.07) is 10.2. The highest BCUT2D eigenvalue weighted by Crippen LogP contribution is 2.30. The average Bonchev–Trinajstić information content (AvgIpc) is 2.82. The first-order valence-corrected chi connectivity index (χ1v) is 12.7. The Labute approximate surface area is 206 Å². The van der Waals surface area contributed by atoms with Gasteiger partial charge in [0.2, 0.25) is 5.96 Å². The fourth-order valence-corrected chi connectivity index (χ4v) is 5.14. The highest BCUT2D eigenvalue weighted by Gasteiger charge is 2.24. The van der Waals surface area contributed by atoms with Gasteiger partial charge in [-0.3, -0.25) is 10.2 Å². The van der Waals surface area contributed by atoms with E-state index in [1.807, 2.05) is 30.3 Å². The van der Waals surface area contributed by atoms with Gasteiger partial charge in [0.05, 0.1) is 12.0 Å². The summed E-state index contributed by atoms with van der Waals surface area (Å²) in [5.74, 6) is -0.346. The van der Waals surface area contributed by atoms with E-state index >= 15 is 0 Å². The van der Waals surface area contributed by atoms with Gasteiger partial charge in [-0.05, 0) is 61.9 Å². The second-order valence-electron chi connectivity index (χ2n) is 8.34. The predicted molar refractivity (Wildman–Crippen MR) is 135 cm³/mol. The first kappa shape index (κ1) is 28.1. The normalized spacial score (nSPS) is 13.0. The summed E-state index contributed by atoms with van der Waals surface area (Å²) in [5, 5.41) is 23.5. The molecule has 1 amide bonds. The molecule has 192 valence electrons. The number of aliphatic hydroxyl groups is 1. The van der Waals surface area contributed by atoms with Gasteiger partial charge in [0.15, 0.2) is 0 Å². The number of sulfonamides is 1. The number of benzene rings is 2. The molecule has 0 aromatic heterocycles. The number of aryl methyl sites for hydroxylation is 1. The minimum absolute atomic E-state index is 0.106. The molecule has 2 aromatic rings. The van der Waals surface area contributed by atoms with E-state index in [9.17, 15) is 18.3 Å². The second kappa shape index (κ2) is 12.5. The first-order chi connectivity index (χ1) is 16.5. The van der Waals surface area contributed by atoms with Crippen LogP contribution in [0.5, 0.6) is 5.75 Å². The van der Waals surface area contributed by atoms with Crippen LogP contribution in [0, 0.1) is 26.2 Å². The summed E-state index contributed by atoms with van der Waals surface area (Å²) in [4.78, 5) is 12.2. The van der Waals surface area contributed by atoms with E-state index in [4.69, 9.17) is 15.9 Å². The lowest BCUT2D eigenvalue weighted by Gasteiger charge is -2.19. The van der Waals surface area contributed by atoms with Crippen molar-refractivity contribution in [1.82, 2.24) is 15.4 Å². The number of hydrogen-bond donors (Lipinski definition) is 6. The number of hydrogen-bond acceptors (Lipinski definition) is 7. The van der Waals surface area contributed by atoms with Crippen LogP contribution in [0.3, 0.4) is 0 Å². The van der Waals surface area contributed by atoms with Crippen molar-refractivity contribution in [3.05, 3.63) is 58.7 Å². The van der Waals surface area contributed by atoms with Crippen molar-refractivity contribution >= 4 is 21.9 Å². The largest absolute Gasteiger partial charge is 0.496 e. The van der Waals surface area contributed by atoms with E-state index in [1.165, 1.54) is 7.11 Å². The summed E-state index contributed by atoms with van der Waals surface area (Å²) in [5.41, 5.74) is 8.61. The maximum absolute atomic E-state index is 12.9. The Morgan fingerprint density at radius 3 is 2.43 bits per heavy atom.